The number of hydrogen-bond acceptors (Lipinski definition) is 5. The molecule has 0 fully saturated rings. The largest absolute Gasteiger partial charge is 0.321 e. The number of rotatable bonds is 5. The van der Waals surface area contributed by atoms with Crippen LogP contribution >= 0.6 is 23.1 Å². The fourth-order valence-corrected chi connectivity index (χ4v) is 3.92. The van der Waals surface area contributed by atoms with Crippen LogP contribution in [0.25, 0.3) is 16.3 Å². The highest BCUT2D eigenvalue weighted by Crippen LogP contribution is 2.25. The van der Waals surface area contributed by atoms with Crippen LogP contribution in [0.4, 0.5) is 10.1 Å². The zero-order valence-electron chi connectivity index (χ0n) is 14.8. The zero-order chi connectivity index (χ0) is 19.5. The fourth-order valence-electron chi connectivity index (χ4n) is 2.74. The van der Waals surface area contributed by atoms with Gasteiger partial charge in [-0.25, -0.2) is 14.4 Å². The molecule has 1 amide bonds. The van der Waals surface area contributed by atoms with Gasteiger partial charge in [-0.1, -0.05) is 11.8 Å². The second kappa shape index (κ2) is 7.95. The lowest BCUT2D eigenvalue weighted by atomic mass is 10.2. The molecule has 0 aliphatic carbocycles. The quantitative estimate of drug-likeness (QED) is 0.465. The van der Waals surface area contributed by atoms with Crippen molar-refractivity contribution >= 4 is 34.7 Å². The summed E-state index contributed by atoms with van der Waals surface area (Å²) in [6, 6.07) is 13.5. The molecule has 140 valence electrons. The number of nitrogens with one attached hydrogen (secondary N) is 1. The number of carbonyl (C=O) groups is 1. The van der Waals surface area contributed by atoms with Crippen LogP contribution in [-0.4, -0.2) is 26.7 Å². The van der Waals surface area contributed by atoms with E-state index in [0.29, 0.717) is 22.2 Å². The van der Waals surface area contributed by atoms with E-state index >= 15 is 0 Å². The van der Waals surface area contributed by atoms with Gasteiger partial charge in [0.1, 0.15) is 16.5 Å². The molecule has 0 spiro atoms. The smallest absolute Gasteiger partial charge is 0.274 e. The van der Waals surface area contributed by atoms with Crippen LogP contribution in [0, 0.1) is 5.82 Å². The number of imidazole rings is 1. The van der Waals surface area contributed by atoms with E-state index in [9.17, 15) is 9.18 Å². The van der Waals surface area contributed by atoms with Gasteiger partial charge in [0, 0.05) is 28.5 Å². The number of carbonyl (C=O) groups excluding carboxylic acids is 1. The molecule has 1 N–H and O–H groups in total. The Labute approximate surface area is 169 Å². The Kier molecular flexibility index (Phi) is 5.23. The Morgan fingerprint density at radius 1 is 1.11 bits per heavy atom. The van der Waals surface area contributed by atoms with Crippen molar-refractivity contribution in [1.82, 2.24) is 14.5 Å². The highest BCUT2D eigenvalue weighted by Gasteiger charge is 2.18. The van der Waals surface area contributed by atoms with Gasteiger partial charge in [-0.3, -0.25) is 9.36 Å². The molecule has 4 aromatic rings. The van der Waals surface area contributed by atoms with Crippen molar-refractivity contribution in [1.29, 1.82) is 0 Å². The normalized spacial score (nSPS) is 10.8. The summed E-state index contributed by atoms with van der Waals surface area (Å²) in [6.45, 7) is 0. The summed E-state index contributed by atoms with van der Waals surface area (Å²) in [5.41, 5.74) is 2.71. The Morgan fingerprint density at radius 2 is 1.86 bits per heavy atom. The van der Waals surface area contributed by atoms with Gasteiger partial charge < -0.3 is 5.32 Å². The maximum Gasteiger partial charge on any atom is 0.274 e. The zero-order valence-corrected chi connectivity index (χ0v) is 16.4. The molecular weight excluding hydrogens is 395 g/mol. The third-order valence-electron chi connectivity index (χ3n) is 4.05. The molecular formula is C20H15FN4OS2. The van der Waals surface area contributed by atoms with E-state index < -0.39 is 0 Å². The van der Waals surface area contributed by atoms with Crippen LogP contribution < -0.4 is 5.32 Å². The van der Waals surface area contributed by atoms with E-state index in [1.54, 1.807) is 34.2 Å². The summed E-state index contributed by atoms with van der Waals surface area (Å²) in [5, 5.41) is 6.39. The molecule has 0 bridgehead atoms. The highest BCUT2D eigenvalue weighted by molar-refractivity contribution is 7.98. The van der Waals surface area contributed by atoms with Crippen LogP contribution in [0.15, 0.2) is 71.5 Å². The van der Waals surface area contributed by atoms with E-state index in [0.717, 1.165) is 10.6 Å². The van der Waals surface area contributed by atoms with Crippen molar-refractivity contribution in [3.8, 4) is 16.3 Å². The van der Waals surface area contributed by atoms with Gasteiger partial charge in [-0.05, 0) is 54.8 Å². The summed E-state index contributed by atoms with van der Waals surface area (Å²) in [5.74, 6) is -0.625. The first-order valence-corrected chi connectivity index (χ1v) is 10.4. The number of benzene rings is 2. The second-order valence-corrected chi connectivity index (χ2v) is 7.48. The Balaban J connectivity index is 1.60. The molecule has 2 aromatic carbocycles. The van der Waals surface area contributed by atoms with Gasteiger partial charge in [0.15, 0.2) is 5.16 Å². The molecule has 28 heavy (non-hydrogen) atoms. The molecule has 0 unspecified atom stereocenters. The third kappa shape index (κ3) is 3.69. The van der Waals surface area contributed by atoms with E-state index in [2.05, 4.69) is 15.3 Å². The third-order valence-corrected chi connectivity index (χ3v) is 5.53. The van der Waals surface area contributed by atoms with Crippen molar-refractivity contribution in [3.05, 3.63) is 77.8 Å². The van der Waals surface area contributed by atoms with Crippen LogP contribution in [0.3, 0.4) is 0 Å². The summed E-state index contributed by atoms with van der Waals surface area (Å²) in [6.07, 6.45) is 5.16. The predicted molar refractivity (Wildman–Crippen MR) is 111 cm³/mol. The Morgan fingerprint density at radius 3 is 2.50 bits per heavy atom. The molecule has 0 aliphatic heterocycles. The minimum Gasteiger partial charge on any atom is -0.321 e. The average Bonchev–Trinajstić information content (AvgIpc) is 3.39. The average molecular weight is 410 g/mol. The van der Waals surface area contributed by atoms with Gasteiger partial charge in [0.05, 0.1) is 6.20 Å². The van der Waals surface area contributed by atoms with Crippen LogP contribution in [-0.2, 0) is 0 Å². The number of anilines is 1. The molecule has 5 nitrogen and oxygen atoms in total. The Bertz CT molecular complexity index is 1090. The SMILES string of the molecule is CSc1ncc(C(=O)Nc2ccc(-c3nccs3)cc2)n1-c1ccc(F)cc1. The molecule has 2 heterocycles. The van der Waals surface area contributed by atoms with E-state index in [-0.39, 0.29) is 11.7 Å². The van der Waals surface area contributed by atoms with Crippen LogP contribution in [0.2, 0.25) is 0 Å². The number of thiazole rings is 1. The summed E-state index contributed by atoms with van der Waals surface area (Å²) in [4.78, 5) is 21.4. The first kappa shape index (κ1) is 18.4. The monoisotopic (exact) mass is 410 g/mol. The lowest BCUT2D eigenvalue weighted by molar-refractivity contribution is 0.102. The number of halogens is 1. The molecule has 0 aliphatic rings. The highest BCUT2D eigenvalue weighted by atomic mass is 32.2. The van der Waals surface area contributed by atoms with Gasteiger partial charge in [0.2, 0.25) is 0 Å². The molecule has 0 saturated carbocycles. The maximum atomic E-state index is 13.3. The van der Waals surface area contributed by atoms with E-state index in [1.165, 1.54) is 30.1 Å². The first-order valence-electron chi connectivity index (χ1n) is 8.34. The first-order chi connectivity index (χ1) is 13.7. The van der Waals surface area contributed by atoms with Crippen molar-refractivity contribution in [2.45, 2.75) is 5.16 Å². The summed E-state index contributed by atoms with van der Waals surface area (Å²) < 4.78 is 15.0. The van der Waals surface area contributed by atoms with Crippen molar-refractivity contribution < 1.29 is 9.18 Å². The Hall–Kier alpha value is -2.97. The van der Waals surface area contributed by atoms with Crippen molar-refractivity contribution in [3.63, 3.8) is 0 Å². The van der Waals surface area contributed by atoms with E-state index in [1.807, 2.05) is 35.9 Å². The summed E-state index contributed by atoms with van der Waals surface area (Å²) in [7, 11) is 0. The van der Waals surface area contributed by atoms with Gasteiger partial charge >= 0.3 is 0 Å². The second-order valence-electron chi connectivity index (χ2n) is 5.81. The topological polar surface area (TPSA) is 59.8 Å². The lowest BCUT2D eigenvalue weighted by Gasteiger charge is -2.11. The fraction of sp³-hybridized carbons (Fsp3) is 0.0500. The number of nitrogens with zero attached hydrogens (tertiary/aromatic N) is 3. The summed E-state index contributed by atoms with van der Waals surface area (Å²) >= 11 is 2.97. The number of hydrogen-bond donors (Lipinski definition) is 1. The molecule has 8 heteroatoms. The molecule has 0 atom stereocenters. The lowest BCUT2D eigenvalue weighted by Crippen LogP contribution is -2.16. The molecule has 2 aromatic heterocycles. The van der Waals surface area contributed by atoms with Gasteiger partial charge in [-0.2, -0.15) is 0 Å². The molecule has 0 radical (unpaired) electrons. The minimum atomic E-state index is -0.333. The number of aromatic nitrogens is 3. The minimum absolute atomic E-state index is 0.292. The van der Waals surface area contributed by atoms with E-state index in [4.69, 9.17) is 0 Å². The predicted octanol–water partition coefficient (Wildman–Crippen LogP) is 5.11. The van der Waals surface area contributed by atoms with Gasteiger partial charge in [-0.15, -0.1) is 11.3 Å². The van der Waals surface area contributed by atoms with Gasteiger partial charge in [0.25, 0.3) is 5.91 Å². The number of amides is 1. The number of thioether (sulfide) groups is 1. The maximum absolute atomic E-state index is 13.3. The van der Waals surface area contributed by atoms with Crippen LogP contribution in [0.1, 0.15) is 10.5 Å². The van der Waals surface area contributed by atoms with Crippen molar-refractivity contribution in [2.75, 3.05) is 11.6 Å². The van der Waals surface area contributed by atoms with Crippen LogP contribution in [0.5, 0.6) is 0 Å². The van der Waals surface area contributed by atoms with Crippen molar-refractivity contribution in [2.24, 2.45) is 0 Å². The standard InChI is InChI=1S/C20H15FN4OS2/c1-27-20-23-12-17(25(20)16-8-4-14(21)5-9-16)18(26)24-15-6-2-13(3-7-15)19-22-10-11-28-19/h2-12H,1H3,(H,24,26). The molecule has 0 saturated heterocycles. The molecule has 4 rings (SSSR count).